The molecule has 0 radical (unpaired) electrons. The van der Waals surface area contributed by atoms with E-state index in [2.05, 4.69) is 17.9 Å². The predicted octanol–water partition coefficient (Wildman–Crippen LogP) is -0.282. The Bertz CT molecular complexity index is 244. The second-order valence-corrected chi connectivity index (χ2v) is 2.48. The Kier molecular flexibility index (Phi) is 12.0. The lowest BCUT2D eigenvalue weighted by Gasteiger charge is -1.94. The molecule has 6 nitrogen and oxygen atoms in total. The summed E-state index contributed by atoms with van der Waals surface area (Å²) in [6, 6.07) is 0. The summed E-state index contributed by atoms with van der Waals surface area (Å²) in [4.78, 5) is 20.0. The standard InChI is InChI=1S/2C5H8O3/c1-4(2-3-6)5(7)8;1-2-5(7)8-4-3-6/h6H,1-3H2,(H,7,8);2,6H,1,3-4H2. The van der Waals surface area contributed by atoms with Crippen LogP contribution < -0.4 is 0 Å². The molecule has 0 saturated heterocycles. The zero-order valence-electron chi connectivity index (χ0n) is 8.89. The molecule has 0 fully saturated rings. The molecule has 6 heteroatoms. The molecule has 0 amide bonds. The van der Waals surface area contributed by atoms with Gasteiger partial charge in [0.25, 0.3) is 0 Å². The van der Waals surface area contributed by atoms with Crippen LogP contribution in [0.3, 0.4) is 0 Å². The van der Waals surface area contributed by atoms with Crippen LogP contribution in [0, 0.1) is 0 Å². The topological polar surface area (TPSA) is 104 Å². The average molecular weight is 232 g/mol. The van der Waals surface area contributed by atoms with Crippen molar-refractivity contribution in [2.45, 2.75) is 6.42 Å². The van der Waals surface area contributed by atoms with Gasteiger partial charge in [-0.05, 0) is 0 Å². The molecule has 0 aromatic carbocycles. The molecule has 3 N–H and O–H groups in total. The highest BCUT2D eigenvalue weighted by Gasteiger charge is 1.99. The lowest BCUT2D eigenvalue weighted by Crippen LogP contribution is -2.04. The quantitative estimate of drug-likeness (QED) is 0.429. The Labute approximate surface area is 93.5 Å². The summed E-state index contributed by atoms with van der Waals surface area (Å²) in [6.07, 6.45) is 1.20. The van der Waals surface area contributed by atoms with Crippen LogP contribution in [0.1, 0.15) is 6.42 Å². The fourth-order valence-electron chi connectivity index (χ4n) is 0.447. The first-order valence-corrected chi connectivity index (χ1v) is 4.41. The highest BCUT2D eigenvalue weighted by Crippen LogP contribution is 1.94. The van der Waals surface area contributed by atoms with Gasteiger partial charge in [0.05, 0.1) is 6.61 Å². The van der Waals surface area contributed by atoms with E-state index < -0.39 is 11.9 Å². The van der Waals surface area contributed by atoms with E-state index in [0.29, 0.717) is 0 Å². The van der Waals surface area contributed by atoms with Crippen molar-refractivity contribution in [3.63, 3.8) is 0 Å². The minimum Gasteiger partial charge on any atom is -0.478 e. The van der Waals surface area contributed by atoms with E-state index in [9.17, 15) is 9.59 Å². The molecule has 0 aliphatic carbocycles. The maximum atomic E-state index is 10.1. The Hall–Kier alpha value is -1.66. The Balaban J connectivity index is 0. The van der Waals surface area contributed by atoms with Gasteiger partial charge in [-0.15, -0.1) is 0 Å². The van der Waals surface area contributed by atoms with Crippen molar-refractivity contribution in [1.82, 2.24) is 0 Å². The minimum atomic E-state index is -1.04. The second kappa shape index (κ2) is 11.4. The average Bonchev–Trinajstić information content (AvgIpc) is 2.27. The molecule has 0 heterocycles. The molecule has 0 unspecified atom stereocenters. The third-order valence-electron chi connectivity index (χ3n) is 1.22. The SMILES string of the molecule is C=C(CCO)C(=O)O.C=CC(=O)OCCO. The summed E-state index contributed by atoms with van der Waals surface area (Å²) in [5.74, 6) is -1.54. The first kappa shape index (κ1) is 16.8. The fourth-order valence-corrected chi connectivity index (χ4v) is 0.447. The number of ether oxygens (including phenoxy) is 1. The molecular formula is C10H16O6. The smallest absolute Gasteiger partial charge is 0.331 e. The molecule has 0 aliphatic rings. The highest BCUT2D eigenvalue weighted by atomic mass is 16.5. The number of aliphatic hydroxyl groups is 2. The lowest BCUT2D eigenvalue weighted by atomic mass is 10.2. The van der Waals surface area contributed by atoms with Crippen LogP contribution in [0.15, 0.2) is 24.8 Å². The summed E-state index contributed by atoms with van der Waals surface area (Å²) in [7, 11) is 0. The number of hydrogen-bond donors (Lipinski definition) is 3. The number of carboxylic acid groups (broad SMARTS) is 1. The van der Waals surface area contributed by atoms with Crippen LogP contribution in [0.4, 0.5) is 0 Å². The monoisotopic (exact) mass is 232 g/mol. The summed E-state index contributed by atoms with van der Waals surface area (Å²) < 4.78 is 4.33. The fraction of sp³-hybridized carbons (Fsp3) is 0.400. The minimum absolute atomic E-state index is 0.0465. The van der Waals surface area contributed by atoms with E-state index in [-0.39, 0.29) is 31.8 Å². The van der Waals surface area contributed by atoms with Crippen molar-refractivity contribution < 1.29 is 29.6 Å². The van der Waals surface area contributed by atoms with E-state index in [1.54, 1.807) is 0 Å². The molecule has 0 aliphatic heterocycles. The molecule has 0 aromatic rings. The molecule has 0 spiro atoms. The third kappa shape index (κ3) is 12.3. The highest BCUT2D eigenvalue weighted by molar-refractivity contribution is 5.85. The van der Waals surface area contributed by atoms with E-state index >= 15 is 0 Å². The van der Waals surface area contributed by atoms with Crippen molar-refractivity contribution in [3.8, 4) is 0 Å². The summed E-state index contributed by atoms with van der Waals surface area (Å²) >= 11 is 0. The van der Waals surface area contributed by atoms with Gasteiger partial charge in [-0.25, -0.2) is 9.59 Å². The second-order valence-electron chi connectivity index (χ2n) is 2.48. The van der Waals surface area contributed by atoms with Crippen LogP contribution in [0.2, 0.25) is 0 Å². The molecule has 0 bridgehead atoms. The summed E-state index contributed by atoms with van der Waals surface area (Å²) in [6.45, 7) is 6.10. The van der Waals surface area contributed by atoms with Crippen LogP contribution >= 0.6 is 0 Å². The van der Waals surface area contributed by atoms with Gasteiger partial charge in [0.1, 0.15) is 6.61 Å². The van der Waals surface area contributed by atoms with Crippen molar-refractivity contribution in [2.24, 2.45) is 0 Å². The summed E-state index contributed by atoms with van der Waals surface area (Å²) in [5.41, 5.74) is 0.0486. The van der Waals surface area contributed by atoms with Gasteiger partial charge in [0.15, 0.2) is 0 Å². The van der Waals surface area contributed by atoms with Gasteiger partial charge in [0, 0.05) is 24.7 Å². The van der Waals surface area contributed by atoms with Crippen molar-refractivity contribution >= 4 is 11.9 Å². The number of carbonyl (C=O) groups is 2. The van der Waals surface area contributed by atoms with Gasteiger partial charge in [-0.1, -0.05) is 13.2 Å². The number of carboxylic acids is 1. The van der Waals surface area contributed by atoms with Gasteiger partial charge < -0.3 is 20.1 Å². The lowest BCUT2D eigenvalue weighted by molar-refractivity contribution is -0.138. The van der Waals surface area contributed by atoms with Gasteiger partial charge >= 0.3 is 11.9 Å². The van der Waals surface area contributed by atoms with Gasteiger partial charge in [-0.2, -0.15) is 0 Å². The molecule has 0 rings (SSSR count). The molecule has 0 aromatic heterocycles. The normalized spacial score (nSPS) is 8.38. The number of rotatable bonds is 6. The van der Waals surface area contributed by atoms with Crippen molar-refractivity contribution in [3.05, 3.63) is 24.8 Å². The number of esters is 1. The van der Waals surface area contributed by atoms with Gasteiger partial charge in [0.2, 0.25) is 0 Å². The maximum absolute atomic E-state index is 10.1. The first-order chi connectivity index (χ1) is 7.49. The number of aliphatic hydroxyl groups excluding tert-OH is 2. The van der Waals surface area contributed by atoms with Crippen molar-refractivity contribution in [1.29, 1.82) is 0 Å². The maximum Gasteiger partial charge on any atom is 0.331 e. The van der Waals surface area contributed by atoms with Crippen LogP contribution in [0.25, 0.3) is 0 Å². The first-order valence-electron chi connectivity index (χ1n) is 4.41. The van der Waals surface area contributed by atoms with Gasteiger partial charge in [-0.3, -0.25) is 0 Å². The van der Waals surface area contributed by atoms with E-state index in [1.165, 1.54) is 0 Å². The largest absolute Gasteiger partial charge is 0.478 e. The Morgan fingerprint density at radius 3 is 2.06 bits per heavy atom. The molecule has 16 heavy (non-hydrogen) atoms. The van der Waals surface area contributed by atoms with Crippen molar-refractivity contribution in [2.75, 3.05) is 19.8 Å². The zero-order chi connectivity index (χ0) is 13.0. The zero-order valence-corrected chi connectivity index (χ0v) is 8.89. The summed E-state index contributed by atoms with van der Waals surface area (Å²) in [5, 5.41) is 24.4. The predicted molar refractivity (Wildman–Crippen MR) is 56.7 cm³/mol. The number of carbonyl (C=O) groups excluding carboxylic acids is 1. The van der Waals surface area contributed by atoms with E-state index in [1.807, 2.05) is 0 Å². The van der Waals surface area contributed by atoms with E-state index in [4.69, 9.17) is 15.3 Å². The third-order valence-corrected chi connectivity index (χ3v) is 1.22. The molecular weight excluding hydrogens is 216 g/mol. The van der Waals surface area contributed by atoms with Crippen LogP contribution in [-0.2, 0) is 14.3 Å². The molecule has 0 atom stereocenters. The van der Waals surface area contributed by atoms with E-state index in [0.717, 1.165) is 6.08 Å². The van der Waals surface area contributed by atoms with Crippen LogP contribution in [0.5, 0.6) is 0 Å². The molecule has 92 valence electrons. The number of hydrogen-bond acceptors (Lipinski definition) is 5. The van der Waals surface area contributed by atoms with Crippen LogP contribution in [-0.4, -0.2) is 47.1 Å². The Morgan fingerprint density at radius 2 is 1.81 bits per heavy atom. The Morgan fingerprint density at radius 1 is 1.25 bits per heavy atom. The molecule has 0 saturated carbocycles. The number of aliphatic carboxylic acids is 1.